The molecule has 0 radical (unpaired) electrons. The van der Waals surface area contributed by atoms with E-state index in [0.29, 0.717) is 13.1 Å². The maximum atomic E-state index is 13.8. The number of nitrogens with one attached hydrogen (secondary N) is 1. The van der Waals surface area contributed by atoms with Gasteiger partial charge in [0.15, 0.2) is 0 Å². The summed E-state index contributed by atoms with van der Waals surface area (Å²) in [4.78, 5) is 29.3. The number of nitrogens with zero attached hydrogens (tertiary/aromatic N) is 3. The molecule has 2 amide bonds. The number of anilines is 1. The number of carbonyl (C=O) groups is 2. The van der Waals surface area contributed by atoms with Gasteiger partial charge in [0.25, 0.3) is 0 Å². The highest BCUT2D eigenvalue weighted by molar-refractivity contribution is 6.00. The second-order valence-electron chi connectivity index (χ2n) is 5.59. The fraction of sp³-hybridized carbons (Fsp3) is 0.312. The molecule has 1 unspecified atom stereocenters. The summed E-state index contributed by atoms with van der Waals surface area (Å²) in [5.74, 6) is -2.69. The Morgan fingerprint density at radius 3 is 2.92 bits per heavy atom. The van der Waals surface area contributed by atoms with Crippen LogP contribution in [0.15, 0.2) is 36.9 Å². The fourth-order valence-corrected chi connectivity index (χ4v) is 2.69. The third-order valence-electron chi connectivity index (χ3n) is 3.92. The number of hydrogen-bond acceptors (Lipinski definition) is 3. The zero-order valence-electron chi connectivity index (χ0n) is 12.8. The average Bonchev–Trinajstić information content (AvgIpc) is 3.17. The van der Waals surface area contributed by atoms with Crippen LogP contribution in [0, 0.1) is 17.6 Å². The molecule has 8 heteroatoms. The van der Waals surface area contributed by atoms with Gasteiger partial charge in [0.1, 0.15) is 11.6 Å². The smallest absolute Gasteiger partial charge is 0.227 e. The standard InChI is InChI=1S/C16H16F2N4O2/c17-12-1-2-14(13(18)8-12)22-9-11(7-15(22)23)16(24)20-4-6-21-5-3-19-10-21/h1-3,5,8,10-11H,4,6-7,9H2,(H,20,24). The Morgan fingerprint density at radius 1 is 1.38 bits per heavy atom. The lowest BCUT2D eigenvalue weighted by Gasteiger charge is -2.17. The summed E-state index contributed by atoms with van der Waals surface area (Å²) in [6.45, 7) is 1.06. The molecule has 3 rings (SSSR count). The summed E-state index contributed by atoms with van der Waals surface area (Å²) in [6.07, 6.45) is 5.08. The topological polar surface area (TPSA) is 67.2 Å². The molecule has 0 bridgehead atoms. The lowest BCUT2D eigenvalue weighted by atomic mass is 10.1. The lowest BCUT2D eigenvalue weighted by molar-refractivity contribution is -0.126. The van der Waals surface area contributed by atoms with Gasteiger partial charge >= 0.3 is 0 Å². The van der Waals surface area contributed by atoms with E-state index in [2.05, 4.69) is 10.3 Å². The maximum absolute atomic E-state index is 13.8. The van der Waals surface area contributed by atoms with Gasteiger partial charge < -0.3 is 14.8 Å². The van der Waals surface area contributed by atoms with Gasteiger partial charge in [-0.1, -0.05) is 0 Å². The monoisotopic (exact) mass is 334 g/mol. The summed E-state index contributed by atoms with van der Waals surface area (Å²) >= 11 is 0. The fourth-order valence-electron chi connectivity index (χ4n) is 2.69. The predicted molar refractivity (Wildman–Crippen MR) is 82.1 cm³/mol. The summed E-state index contributed by atoms with van der Waals surface area (Å²) in [7, 11) is 0. The molecule has 6 nitrogen and oxygen atoms in total. The average molecular weight is 334 g/mol. The molecule has 1 N–H and O–H groups in total. The van der Waals surface area contributed by atoms with Gasteiger partial charge in [-0.25, -0.2) is 13.8 Å². The second-order valence-corrected chi connectivity index (χ2v) is 5.59. The van der Waals surface area contributed by atoms with E-state index in [1.165, 1.54) is 11.0 Å². The molecule has 126 valence electrons. The highest BCUT2D eigenvalue weighted by atomic mass is 19.1. The third-order valence-corrected chi connectivity index (χ3v) is 3.92. The van der Waals surface area contributed by atoms with Crippen LogP contribution >= 0.6 is 0 Å². The van der Waals surface area contributed by atoms with E-state index in [0.717, 1.165) is 12.1 Å². The van der Waals surface area contributed by atoms with Gasteiger partial charge in [-0.15, -0.1) is 0 Å². The number of imidazole rings is 1. The van der Waals surface area contributed by atoms with Crippen molar-refractivity contribution < 1.29 is 18.4 Å². The number of carbonyl (C=O) groups excluding carboxylic acids is 2. The minimum absolute atomic E-state index is 0.00452. The van der Waals surface area contributed by atoms with Gasteiger partial charge in [-0.3, -0.25) is 9.59 Å². The van der Waals surface area contributed by atoms with Crippen molar-refractivity contribution in [1.29, 1.82) is 0 Å². The van der Waals surface area contributed by atoms with E-state index < -0.39 is 17.6 Å². The quantitative estimate of drug-likeness (QED) is 0.897. The van der Waals surface area contributed by atoms with Crippen LogP contribution in [-0.2, 0) is 16.1 Å². The number of hydrogen-bond donors (Lipinski definition) is 1. The largest absolute Gasteiger partial charge is 0.354 e. The molecule has 1 aromatic heterocycles. The molecule has 2 aromatic rings. The highest BCUT2D eigenvalue weighted by Crippen LogP contribution is 2.27. The molecule has 0 saturated carbocycles. The first-order chi connectivity index (χ1) is 11.5. The van der Waals surface area contributed by atoms with Crippen LogP contribution in [0.3, 0.4) is 0 Å². The molecular weight excluding hydrogens is 318 g/mol. The molecule has 1 saturated heterocycles. The van der Waals surface area contributed by atoms with E-state index in [1.54, 1.807) is 18.7 Å². The summed E-state index contributed by atoms with van der Waals surface area (Å²) in [5.41, 5.74) is -0.00452. The normalized spacial score (nSPS) is 17.3. The Balaban J connectivity index is 1.58. The third kappa shape index (κ3) is 3.42. The van der Waals surface area contributed by atoms with Crippen molar-refractivity contribution in [3.05, 3.63) is 48.6 Å². The molecule has 1 aromatic carbocycles. The number of amides is 2. The van der Waals surface area contributed by atoms with Crippen LogP contribution in [0.4, 0.5) is 14.5 Å². The van der Waals surface area contributed by atoms with Crippen LogP contribution in [-0.4, -0.2) is 34.5 Å². The number of aromatic nitrogens is 2. The van der Waals surface area contributed by atoms with Gasteiger partial charge in [0.2, 0.25) is 11.8 Å². The van der Waals surface area contributed by atoms with Gasteiger partial charge in [0, 0.05) is 44.5 Å². The number of rotatable bonds is 5. The van der Waals surface area contributed by atoms with E-state index in [4.69, 9.17) is 0 Å². The van der Waals surface area contributed by atoms with Gasteiger partial charge in [0.05, 0.1) is 17.9 Å². The van der Waals surface area contributed by atoms with Crippen LogP contribution in [0.25, 0.3) is 0 Å². The second kappa shape index (κ2) is 6.77. The number of benzene rings is 1. The summed E-state index contributed by atoms with van der Waals surface area (Å²) in [6, 6.07) is 3.02. The molecule has 0 aliphatic carbocycles. The van der Waals surface area contributed by atoms with Gasteiger partial charge in [-0.2, -0.15) is 0 Å². The number of halogens is 2. The Kier molecular flexibility index (Phi) is 4.54. The van der Waals surface area contributed by atoms with Gasteiger partial charge in [-0.05, 0) is 12.1 Å². The predicted octanol–water partition coefficient (Wildman–Crippen LogP) is 1.33. The lowest BCUT2D eigenvalue weighted by Crippen LogP contribution is -2.34. The highest BCUT2D eigenvalue weighted by Gasteiger charge is 2.36. The Morgan fingerprint density at radius 2 is 2.21 bits per heavy atom. The molecule has 2 heterocycles. The van der Waals surface area contributed by atoms with Crippen molar-refractivity contribution in [2.75, 3.05) is 18.0 Å². The Hall–Kier alpha value is -2.77. The maximum Gasteiger partial charge on any atom is 0.227 e. The van der Waals surface area contributed by atoms with Crippen LogP contribution in [0.5, 0.6) is 0 Å². The minimum Gasteiger partial charge on any atom is -0.354 e. The molecule has 1 aliphatic rings. The van der Waals surface area contributed by atoms with E-state index in [-0.39, 0.29) is 30.5 Å². The van der Waals surface area contributed by atoms with Crippen molar-refractivity contribution in [2.24, 2.45) is 5.92 Å². The van der Waals surface area contributed by atoms with Crippen LogP contribution < -0.4 is 10.2 Å². The van der Waals surface area contributed by atoms with E-state index in [9.17, 15) is 18.4 Å². The van der Waals surface area contributed by atoms with Crippen molar-refractivity contribution in [3.63, 3.8) is 0 Å². The summed E-state index contributed by atoms with van der Waals surface area (Å²) < 4.78 is 28.6. The van der Waals surface area contributed by atoms with Crippen molar-refractivity contribution >= 4 is 17.5 Å². The Labute approximate surface area is 137 Å². The Bertz CT molecular complexity index is 749. The first-order valence-corrected chi connectivity index (χ1v) is 7.53. The first-order valence-electron chi connectivity index (χ1n) is 7.53. The molecule has 24 heavy (non-hydrogen) atoms. The van der Waals surface area contributed by atoms with Crippen LogP contribution in [0.1, 0.15) is 6.42 Å². The molecule has 0 spiro atoms. The van der Waals surface area contributed by atoms with E-state index >= 15 is 0 Å². The SMILES string of the molecule is O=C(NCCn1ccnc1)C1CC(=O)N(c2ccc(F)cc2F)C1. The molecule has 1 atom stereocenters. The van der Waals surface area contributed by atoms with Crippen LogP contribution in [0.2, 0.25) is 0 Å². The van der Waals surface area contributed by atoms with Crippen molar-refractivity contribution in [1.82, 2.24) is 14.9 Å². The molecular formula is C16H16F2N4O2. The zero-order valence-corrected chi connectivity index (χ0v) is 12.8. The van der Waals surface area contributed by atoms with E-state index in [1.807, 2.05) is 4.57 Å². The summed E-state index contributed by atoms with van der Waals surface area (Å²) in [5, 5.41) is 2.76. The van der Waals surface area contributed by atoms with Crippen molar-refractivity contribution in [3.8, 4) is 0 Å². The van der Waals surface area contributed by atoms with Crippen molar-refractivity contribution in [2.45, 2.75) is 13.0 Å². The minimum atomic E-state index is -0.815. The molecule has 1 aliphatic heterocycles. The first kappa shape index (κ1) is 16.1. The molecule has 1 fully saturated rings. The zero-order chi connectivity index (χ0) is 17.1.